The van der Waals surface area contributed by atoms with Gasteiger partial charge in [-0.05, 0) is 18.0 Å². The molecule has 0 fully saturated rings. The van der Waals surface area contributed by atoms with E-state index in [1.165, 1.54) is 18.3 Å². The largest absolute Gasteiger partial charge is 0.368 e. The van der Waals surface area contributed by atoms with Crippen molar-refractivity contribution in [3.8, 4) is 0 Å². The van der Waals surface area contributed by atoms with Gasteiger partial charge in [0, 0.05) is 18.0 Å². The van der Waals surface area contributed by atoms with Crippen LogP contribution in [-0.4, -0.2) is 27.6 Å². The normalized spacial score (nSPS) is 12.1. The van der Waals surface area contributed by atoms with Crippen LogP contribution in [0.5, 0.6) is 0 Å². The third-order valence-electron chi connectivity index (χ3n) is 1.77. The summed E-state index contributed by atoms with van der Waals surface area (Å²) in [7, 11) is 0. The molecule has 9 heteroatoms. The maximum atomic E-state index is 10.9. The monoisotopic (exact) mass is 274 g/mol. The van der Waals surface area contributed by atoms with E-state index in [-0.39, 0.29) is 16.5 Å². The Labute approximate surface area is 107 Å². The van der Waals surface area contributed by atoms with Gasteiger partial charge in [-0.25, -0.2) is 9.71 Å². The van der Waals surface area contributed by atoms with Crippen molar-refractivity contribution in [2.45, 2.75) is 11.1 Å². The van der Waals surface area contributed by atoms with E-state index in [9.17, 15) is 14.9 Å². The molecule has 1 aromatic heterocycles. The molecule has 0 bridgehead atoms. The van der Waals surface area contributed by atoms with Gasteiger partial charge in [-0.2, -0.15) is 12.6 Å². The van der Waals surface area contributed by atoms with Crippen molar-refractivity contribution in [3.63, 3.8) is 0 Å². The lowest BCUT2D eigenvalue weighted by Crippen LogP contribution is -2.39. The molecule has 7 nitrogen and oxygen atoms in total. The SMILES string of the molecule is NC(=O)[C@H](CS)NSc1ncccc1[N+](=O)[O-]. The molecule has 0 aromatic carbocycles. The molecule has 0 unspecified atom stereocenters. The van der Waals surface area contributed by atoms with E-state index in [0.29, 0.717) is 0 Å². The first-order valence-corrected chi connectivity index (χ1v) is 5.93. The van der Waals surface area contributed by atoms with Gasteiger partial charge in [0.25, 0.3) is 0 Å². The number of thiol groups is 1. The molecule has 92 valence electrons. The summed E-state index contributed by atoms with van der Waals surface area (Å²) in [5, 5.41) is 10.9. The second-order valence-electron chi connectivity index (χ2n) is 2.94. The molecule has 1 heterocycles. The van der Waals surface area contributed by atoms with Gasteiger partial charge in [0.15, 0.2) is 5.03 Å². The zero-order valence-corrected chi connectivity index (χ0v) is 10.3. The smallest absolute Gasteiger partial charge is 0.302 e. The molecule has 1 amide bonds. The Balaban J connectivity index is 2.75. The number of rotatable bonds is 6. The van der Waals surface area contributed by atoms with Crippen LogP contribution in [0.25, 0.3) is 0 Å². The minimum Gasteiger partial charge on any atom is -0.368 e. The maximum Gasteiger partial charge on any atom is 0.302 e. The van der Waals surface area contributed by atoms with Crippen molar-refractivity contribution < 1.29 is 9.72 Å². The number of carbonyl (C=O) groups is 1. The number of nitrogens with two attached hydrogens (primary N) is 1. The Bertz CT molecular complexity index is 429. The molecule has 0 saturated carbocycles. The fourth-order valence-corrected chi connectivity index (χ4v) is 2.12. The predicted molar refractivity (Wildman–Crippen MR) is 66.7 cm³/mol. The number of nitrogens with zero attached hydrogens (tertiary/aromatic N) is 2. The molecular formula is C8H10N4O3S2. The van der Waals surface area contributed by atoms with Crippen LogP contribution in [0.2, 0.25) is 0 Å². The Morgan fingerprint density at radius 3 is 3.00 bits per heavy atom. The van der Waals surface area contributed by atoms with Gasteiger partial charge in [-0.15, -0.1) is 0 Å². The predicted octanol–water partition coefficient (Wildman–Crippen LogP) is 0.370. The number of hydrogen-bond acceptors (Lipinski definition) is 7. The van der Waals surface area contributed by atoms with Gasteiger partial charge >= 0.3 is 5.69 Å². The quantitative estimate of drug-likeness (QED) is 0.299. The van der Waals surface area contributed by atoms with E-state index in [1.54, 1.807) is 0 Å². The zero-order valence-electron chi connectivity index (χ0n) is 8.57. The number of primary amides is 1. The molecule has 0 aliphatic carbocycles. The van der Waals surface area contributed by atoms with Crippen LogP contribution in [0.4, 0.5) is 5.69 Å². The number of aromatic nitrogens is 1. The number of pyridine rings is 1. The van der Waals surface area contributed by atoms with Gasteiger partial charge in [-0.1, -0.05) is 0 Å². The van der Waals surface area contributed by atoms with E-state index in [2.05, 4.69) is 22.3 Å². The van der Waals surface area contributed by atoms with Crippen LogP contribution in [0, 0.1) is 10.1 Å². The topological polar surface area (TPSA) is 111 Å². The van der Waals surface area contributed by atoms with Crippen molar-refractivity contribution in [2.75, 3.05) is 5.75 Å². The number of hydrogen-bond donors (Lipinski definition) is 3. The van der Waals surface area contributed by atoms with Crippen molar-refractivity contribution in [2.24, 2.45) is 5.73 Å². The Morgan fingerprint density at radius 1 is 1.76 bits per heavy atom. The van der Waals surface area contributed by atoms with Crippen LogP contribution in [-0.2, 0) is 4.79 Å². The molecule has 0 radical (unpaired) electrons. The van der Waals surface area contributed by atoms with Crippen LogP contribution in [0.3, 0.4) is 0 Å². The standard InChI is InChI=1S/C8H10N4O3S2/c9-7(13)5(4-16)11-17-8-6(12(14)15)2-1-3-10-8/h1-3,5,11,16H,4H2,(H2,9,13)/t5-/m0/s1. The Hall–Kier alpha value is -1.32. The highest BCUT2D eigenvalue weighted by Crippen LogP contribution is 2.24. The molecule has 1 atom stereocenters. The van der Waals surface area contributed by atoms with Crippen molar-refractivity contribution in [1.29, 1.82) is 0 Å². The molecule has 0 aliphatic rings. The van der Waals surface area contributed by atoms with Crippen LogP contribution in [0.1, 0.15) is 0 Å². The zero-order chi connectivity index (χ0) is 12.8. The van der Waals surface area contributed by atoms with Gasteiger partial charge < -0.3 is 5.73 Å². The average molecular weight is 274 g/mol. The molecular weight excluding hydrogens is 264 g/mol. The lowest BCUT2D eigenvalue weighted by molar-refractivity contribution is -0.388. The summed E-state index contributed by atoms with van der Waals surface area (Å²) in [5.41, 5.74) is 4.96. The maximum absolute atomic E-state index is 10.9. The molecule has 1 aromatic rings. The van der Waals surface area contributed by atoms with E-state index >= 15 is 0 Å². The summed E-state index contributed by atoms with van der Waals surface area (Å²) >= 11 is 4.82. The van der Waals surface area contributed by atoms with E-state index in [0.717, 1.165) is 11.9 Å². The fraction of sp³-hybridized carbons (Fsp3) is 0.250. The van der Waals surface area contributed by atoms with Crippen molar-refractivity contribution >= 4 is 36.2 Å². The molecule has 0 spiro atoms. The minimum absolute atomic E-state index is 0.132. The molecule has 0 aliphatic heterocycles. The first-order chi connectivity index (χ1) is 8.06. The van der Waals surface area contributed by atoms with E-state index in [1.807, 2.05) is 0 Å². The van der Waals surface area contributed by atoms with Crippen molar-refractivity contribution in [1.82, 2.24) is 9.71 Å². The summed E-state index contributed by atoms with van der Waals surface area (Å²) in [6, 6.07) is 2.12. The van der Waals surface area contributed by atoms with Crippen LogP contribution < -0.4 is 10.5 Å². The molecule has 3 N–H and O–H groups in total. The summed E-state index contributed by atoms with van der Waals surface area (Å²) in [6.45, 7) is 0. The molecule has 1 rings (SSSR count). The van der Waals surface area contributed by atoms with E-state index in [4.69, 9.17) is 5.73 Å². The second-order valence-corrected chi connectivity index (χ2v) is 4.13. The Kier molecular flexibility index (Phi) is 5.19. The van der Waals surface area contributed by atoms with Gasteiger partial charge in [0.05, 0.1) is 4.92 Å². The number of nitro groups is 1. The third kappa shape index (κ3) is 3.88. The first-order valence-electron chi connectivity index (χ1n) is 4.48. The first kappa shape index (κ1) is 13.7. The third-order valence-corrected chi connectivity index (χ3v) is 3.05. The van der Waals surface area contributed by atoms with E-state index < -0.39 is 16.9 Å². The summed E-state index contributed by atoms with van der Waals surface area (Å²) in [5.74, 6) is -0.380. The Morgan fingerprint density at radius 2 is 2.47 bits per heavy atom. The highest BCUT2D eigenvalue weighted by atomic mass is 32.2. The summed E-state index contributed by atoms with van der Waals surface area (Å²) in [6.07, 6.45) is 1.43. The van der Waals surface area contributed by atoms with Crippen LogP contribution >= 0.6 is 24.6 Å². The second kappa shape index (κ2) is 6.42. The number of nitrogens with one attached hydrogen (secondary N) is 1. The summed E-state index contributed by atoms with van der Waals surface area (Å²) in [4.78, 5) is 24.9. The lowest BCUT2D eigenvalue weighted by Gasteiger charge is -2.10. The summed E-state index contributed by atoms with van der Waals surface area (Å²) < 4.78 is 2.68. The minimum atomic E-state index is -0.676. The fourth-order valence-electron chi connectivity index (χ4n) is 0.912. The highest BCUT2D eigenvalue weighted by Gasteiger charge is 2.18. The molecule has 0 saturated heterocycles. The van der Waals surface area contributed by atoms with Gasteiger partial charge in [0.2, 0.25) is 5.91 Å². The van der Waals surface area contributed by atoms with Crippen LogP contribution in [0.15, 0.2) is 23.4 Å². The van der Waals surface area contributed by atoms with Crippen molar-refractivity contribution in [3.05, 3.63) is 28.4 Å². The molecule has 17 heavy (non-hydrogen) atoms. The lowest BCUT2D eigenvalue weighted by atomic mass is 10.3. The highest BCUT2D eigenvalue weighted by molar-refractivity contribution is 7.97. The average Bonchev–Trinajstić information content (AvgIpc) is 2.29. The number of carbonyl (C=O) groups excluding carboxylic acids is 1. The number of amides is 1. The van der Waals surface area contributed by atoms with Gasteiger partial charge in [-0.3, -0.25) is 14.9 Å². The van der Waals surface area contributed by atoms with Gasteiger partial charge in [0.1, 0.15) is 6.04 Å².